The molecule has 5 nitrogen and oxygen atoms in total. The molecule has 1 heterocycles. The molecule has 1 rings (SSSR count). The van der Waals surface area contributed by atoms with Crippen LogP contribution in [0.5, 0.6) is 5.75 Å². The molecule has 1 aromatic heterocycles. The van der Waals surface area contributed by atoms with Gasteiger partial charge in [-0.15, -0.1) is 24.8 Å². The first-order valence-corrected chi connectivity index (χ1v) is 4.81. The molecule has 1 aromatic rings. The number of rotatable bonds is 4. The summed E-state index contributed by atoms with van der Waals surface area (Å²) in [6.07, 6.45) is -1.59. The number of aliphatic hydroxyl groups excluding tert-OH is 2. The van der Waals surface area contributed by atoms with E-state index in [4.69, 9.17) is 17.4 Å². The zero-order valence-corrected chi connectivity index (χ0v) is 11.4. The van der Waals surface area contributed by atoms with Gasteiger partial charge in [-0.3, -0.25) is 0 Å². The summed E-state index contributed by atoms with van der Waals surface area (Å²) in [5.41, 5.74) is -3.55. The number of nitrogens with zero attached hydrogens (tertiary/aromatic N) is 1. The van der Waals surface area contributed by atoms with Crippen LogP contribution in [0.25, 0.3) is 0 Å². The number of pyridine rings is 1. The summed E-state index contributed by atoms with van der Waals surface area (Å²) >= 11 is 0. The Morgan fingerprint density at radius 2 is 2.00 bits per heavy atom. The van der Waals surface area contributed by atoms with E-state index in [0.29, 0.717) is 0 Å². The molecule has 0 saturated heterocycles. The van der Waals surface area contributed by atoms with Crippen molar-refractivity contribution in [2.45, 2.75) is 38.8 Å². The second kappa shape index (κ2) is 8.55. The number of hydrogen-bond acceptors (Lipinski definition) is 5. The standard InChI is InChI=1S/C12H20N2O3.2ClH/c1-12(2,3)13-6-11(17)8-4-5-10(16)9(7-15)14-8;;/h4-5,11,13,15-17H,6-7H2,1-3H3;2*1H/i1D3,2D3,3D3;;. The van der Waals surface area contributed by atoms with Gasteiger partial charge in [-0.1, -0.05) is 0 Å². The Kier molecular flexibility index (Phi) is 3.89. The second-order valence-electron chi connectivity index (χ2n) is 3.51. The van der Waals surface area contributed by atoms with Crippen LogP contribution < -0.4 is 5.32 Å². The van der Waals surface area contributed by atoms with Gasteiger partial charge in [0.1, 0.15) is 17.5 Å². The lowest BCUT2D eigenvalue weighted by atomic mass is 10.1. The Morgan fingerprint density at radius 3 is 2.53 bits per heavy atom. The van der Waals surface area contributed by atoms with Crippen molar-refractivity contribution < 1.29 is 27.7 Å². The molecular formula is C12H22Cl2N2O3. The molecule has 0 radical (unpaired) electrons. The molecule has 7 heteroatoms. The highest BCUT2D eigenvalue weighted by molar-refractivity contribution is 5.85. The van der Waals surface area contributed by atoms with E-state index in [2.05, 4.69) is 4.98 Å². The molecule has 1 atom stereocenters. The molecule has 0 aliphatic rings. The minimum Gasteiger partial charge on any atom is -0.506 e. The van der Waals surface area contributed by atoms with Crippen LogP contribution in [0.4, 0.5) is 0 Å². The van der Waals surface area contributed by atoms with Gasteiger partial charge < -0.3 is 20.6 Å². The maximum Gasteiger partial charge on any atom is 0.139 e. The molecule has 0 fully saturated rings. The predicted molar refractivity (Wildman–Crippen MR) is 79.0 cm³/mol. The normalized spacial score (nSPS) is 21.3. The van der Waals surface area contributed by atoms with Gasteiger partial charge in [0, 0.05) is 24.4 Å². The fraction of sp³-hybridized carbons (Fsp3) is 0.583. The quantitative estimate of drug-likeness (QED) is 0.676. The lowest BCUT2D eigenvalue weighted by Gasteiger charge is -2.22. The Hall–Kier alpha value is -0.590. The summed E-state index contributed by atoms with van der Waals surface area (Å²) in [5, 5.41) is 30.7. The molecule has 0 aliphatic heterocycles. The number of aliphatic hydroxyl groups is 2. The Morgan fingerprint density at radius 1 is 1.37 bits per heavy atom. The van der Waals surface area contributed by atoms with E-state index in [1.807, 2.05) is 5.32 Å². The van der Waals surface area contributed by atoms with Crippen LogP contribution in [0.1, 0.15) is 50.4 Å². The summed E-state index contributed by atoms with van der Waals surface area (Å²) in [7, 11) is 0. The maximum absolute atomic E-state index is 10.2. The van der Waals surface area contributed by atoms with Gasteiger partial charge in [-0.05, 0) is 32.7 Å². The monoisotopic (exact) mass is 321 g/mol. The zero-order chi connectivity index (χ0) is 20.6. The topological polar surface area (TPSA) is 85.6 Å². The van der Waals surface area contributed by atoms with Crippen molar-refractivity contribution in [3.05, 3.63) is 23.5 Å². The van der Waals surface area contributed by atoms with Crippen LogP contribution in [0.3, 0.4) is 0 Å². The first-order chi connectivity index (χ1) is 11.6. The van der Waals surface area contributed by atoms with Gasteiger partial charge in [0.25, 0.3) is 0 Å². The molecular weight excluding hydrogens is 291 g/mol. The molecule has 112 valence electrons. The third-order valence-corrected chi connectivity index (χ3v) is 2.02. The highest BCUT2D eigenvalue weighted by atomic mass is 35.5. The lowest BCUT2D eigenvalue weighted by Crippen LogP contribution is -2.38. The van der Waals surface area contributed by atoms with Crippen molar-refractivity contribution in [1.82, 2.24) is 10.3 Å². The van der Waals surface area contributed by atoms with E-state index in [9.17, 15) is 10.2 Å². The van der Waals surface area contributed by atoms with Gasteiger partial charge in [0.15, 0.2) is 0 Å². The van der Waals surface area contributed by atoms with Gasteiger partial charge in [0.05, 0.1) is 12.3 Å². The molecule has 19 heavy (non-hydrogen) atoms. The summed E-state index contributed by atoms with van der Waals surface area (Å²) < 4.78 is 67.3. The van der Waals surface area contributed by atoms with E-state index < -0.39 is 45.4 Å². The minimum atomic E-state index is -3.44. The lowest BCUT2D eigenvalue weighted by molar-refractivity contribution is 0.158. The third-order valence-electron chi connectivity index (χ3n) is 2.02. The van der Waals surface area contributed by atoms with Crippen molar-refractivity contribution in [3.63, 3.8) is 0 Å². The van der Waals surface area contributed by atoms with Crippen LogP contribution in [-0.2, 0) is 6.61 Å². The van der Waals surface area contributed by atoms with Gasteiger partial charge in [0.2, 0.25) is 0 Å². The van der Waals surface area contributed by atoms with E-state index in [1.165, 1.54) is 6.07 Å². The fourth-order valence-electron chi connectivity index (χ4n) is 1.17. The van der Waals surface area contributed by atoms with Crippen LogP contribution in [-0.4, -0.2) is 32.4 Å². The van der Waals surface area contributed by atoms with Crippen molar-refractivity contribution in [1.29, 1.82) is 0 Å². The van der Waals surface area contributed by atoms with Gasteiger partial charge >= 0.3 is 0 Å². The molecule has 4 N–H and O–H groups in total. The number of aromatic hydroxyl groups is 1. The van der Waals surface area contributed by atoms with E-state index in [0.717, 1.165) is 6.07 Å². The third kappa shape index (κ3) is 6.94. The van der Waals surface area contributed by atoms with Gasteiger partial charge in [-0.25, -0.2) is 4.98 Å². The first-order valence-electron chi connectivity index (χ1n) is 9.31. The van der Waals surface area contributed by atoms with Crippen LogP contribution in [0.2, 0.25) is 0 Å². The molecule has 0 spiro atoms. The summed E-state index contributed by atoms with van der Waals surface area (Å²) in [6.45, 7) is -11.7. The molecule has 0 saturated carbocycles. The minimum absolute atomic E-state index is 0. The number of halogens is 2. The first kappa shape index (κ1) is 8.64. The van der Waals surface area contributed by atoms with Crippen LogP contribution in [0.15, 0.2) is 12.1 Å². The molecule has 1 unspecified atom stereocenters. The number of nitrogens with one attached hydrogen (secondary N) is 1. The molecule has 0 bridgehead atoms. The molecule has 0 amide bonds. The summed E-state index contributed by atoms with van der Waals surface area (Å²) in [5.74, 6) is -0.335. The Balaban J connectivity index is 0. The largest absolute Gasteiger partial charge is 0.506 e. The van der Waals surface area contributed by atoms with E-state index in [1.54, 1.807) is 0 Å². The number of hydrogen-bond donors (Lipinski definition) is 4. The highest BCUT2D eigenvalue weighted by Crippen LogP contribution is 2.18. The maximum atomic E-state index is 10.2. The highest BCUT2D eigenvalue weighted by Gasteiger charge is 2.15. The fourth-order valence-corrected chi connectivity index (χ4v) is 1.17. The predicted octanol–water partition coefficient (Wildman–Crippen LogP) is 1.54. The van der Waals surface area contributed by atoms with E-state index >= 15 is 0 Å². The average molecular weight is 322 g/mol. The van der Waals surface area contributed by atoms with Crippen molar-refractivity contribution in [3.8, 4) is 5.75 Å². The van der Waals surface area contributed by atoms with Gasteiger partial charge in [-0.2, -0.15) is 0 Å². The number of β-amino-alcohol motifs (C(OH)–C–C–N with tert-alkyl or cyclic N) is 1. The van der Waals surface area contributed by atoms with Crippen molar-refractivity contribution >= 4 is 24.8 Å². The summed E-state index contributed by atoms with van der Waals surface area (Å²) in [4.78, 5) is 3.77. The van der Waals surface area contributed by atoms with Crippen molar-refractivity contribution in [2.75, 3.05) is 6.54 Å². The van der Waals surface area contributed by atoms with Crippen LogP contribution >= 0.6 is 24.8 Å². The molecule has 0 aliphatic carbocycles. The average Bonchev–Trinajstić information content (AvgIpc) is 2.43. The smallest absolute Gasteiger partial charge is 0.139 e. The Bertz CT molecular complexity index is 602. The zero-order valence-electron chi connectivity index (χ0n) is 18.8. The van der Waals surface area contributed by atoms with E-state index in [-0.39, 0.29) is 42.0 Å². The summed E-state index contributed by atoms with van der Waals surface area (Å²) in [6, 6.07) is 2.30. The molecule has 0 aromatic carbocycles. The SMILES string of the molecule is Cl.Cl.[2H]C([2H])([2H])C(NCC(O)c1ccc(O)c(CO)n1)(C([2H])([2H])[2H])C([2H])([2H])[2H]. The second-order valence-corrected chi connectivity index (χ2v) is 3.51. The Labute approximate surface area is 138 Å². The van der Waals surface area contributed by atoms with Crippen molar-refractivity contribution in [2.24, 2.45) is 0 Å². The number of aromatic nitrogens is 1. The van der Waals surface area contributed by atoms with Crippen LogP contribution in [0, 0.1) is 0 Å².